The van der Waals surface area contributed by atoms with Crippen LogP contribution in [0.25, 0.3) is 0 Å². The zero-order valence-corrected chi connectivity index (χ0v) is 15.2. The number of rotatable bonds is 6. The molecule has 0 fully saturated rings. The van der Waals surface area contributed by atoms with Gasteiger partial charge in [-0.3, -0.25) is 4.79 Å². The molecule has 6 nitrogen and oxygen atoms in total. The number of amides is 1. The van der Waals surface area contributed by atoms with Crippen LogP contribution < -0.4 is 10.1 Å². The Morgan fingerprint density at radius 3 is 2.38 bits per heavy atom. The van der Waals surface area contributed by atoms with Crippen molar-refractivity contribution in [3.63, 3.8) is 0 Å². The van der Waals surface area contributed by atoms with Gasteiger partial charge in [0.15, 0.2) is 0 Å². The zero-order valence-electron chi connectivity index (χ0n) is 12.8. The van der Waals surface area contributed by atoms with Crippen molar-refractivity contribution in [2.75, 3.05) is 0 Å². The number of sulfonamides is 1. The number of benzene rings is 2. The highest BCUT2D eigenvalue weighted by atomic mass is 79.9. The highest BCUT2D eigenvalue weighted by molar-refractivity contribution is 9.10. The van der Waals surface area contributed by atoms with Crippen molar-refractivity contribution in [3.05, 3.63) is 64.6 Å². The van der Waals surface area contributed by atoms with Gasteiger partial charge in [-0.1, -0.05) is 46.3 Å². The molecule has 0 aliphatic heterocycles. The molecule has 0 unspecified atom stereocenters. The van der Waals surface area contributed by atoms with Gasteiger partial charge in [-0.2, -0.15) is 9.82 Å². The summed E-state index contributed by atoms with van der Waals surface area (Å²) < 4.78 is 27.5. The lowest BCUT2D eigenvalue weighted by atomic mass is 10.2. The minimum atomic E-state index is -3.78. The van der Waals surface area contributed by atoms with E-state index in [4.69, 9.17) is 0 Å². The van der Waals surface area contributed by atoms with Gasteiger partial charge in [-0.25, -0.2) is 13.8 Å². The third-order valence-corrected chi connectivity index (χ3v) is 5.12. The average Bonchev–Trinajstić information content (AvgIpc) is 2.55. The molecule has 0 bridgehead atoms. The first kappa shape index (κ1) is 18.3. The molecule has 2 aromatic rings. The molecule has 0 saturated heterocycles. The fourth-order valence-electron chi connectivity index (χ4n) is 1.77. The molecule has 0 saturated carbocycles. The third-order valence-electron chi connectivity index (χ3n) is 3.04. The Balaban J connectivity index is 1.95. The van der Waals surface area contributed by atoms with E-state index in [1.165, 1.54) is 25.3 Å². The Morgan fingerprint density at radius 1 is 1.12 bits per heavy atom. The van der Waals surface area contributed by atoms with Crippen LogP contribution in [0.3, 0.4) is 0 Å². The predicted molar refractivity (Wildman–Crippen MR) is 96.1 cm³/mol. The summed E-state index contributed by atoms with van der Waals surface area (Å²) >= 11 is 3.24. The second kappa shape index (κ2) is 8.18. The highest BCUT2D eigenvalue weighted by Gasteiger charge is 2.21. The fourth-order valence-corrected chi connectivity index (χ4v) is 3.24. The van der Waals surface area contributed by atoms with E-state index < -0.39 is 22.0 Å². The van der Waals surface area contributed by atoms with E-state index >= 15 is 0 Å². The molecule has 1 atom stereocenters. The van der Waals surface area contributed by atoms with Crippen LogP contribution in [-0.2, 0) is 14.8 Å². The molecule has 0 heterocycles. The topological polar surface area (TPSA) is 87.6 Å². The monoisotopic (exact) mass is 409 g/mol. The van der Waals surface area contributed by atoms with Crippen LogP contribution in [0.2, 0.25) is 0 Å². The summed E-state index contributed by atoms with van der Waals surface area (Å²) in [5.74, 6) is -0.553. The predicted octanol–water partition coefficient (Wildman–Crippen LogP) is 2.27. The van der Waals surface area contributed by atoms with E-state index in [2.05, 4.69) is 31.2 Å². The lowest BCUT2D eigenvalue weighted by Gasteiger charge is -2.12. The van der Waals surface area contributed by atoms with Crippen molar-refractivity contribution in [2.45, 2.75) is 17.9 Å². The highest BCUT2D eigenvalue weighted by Crippen LogP contribution is 2.14. The Hall–Kier alpha value is -2.03. The molecule has 1 amide bonds. The number of nitrogens with one attached hydrogen (secondary N) is 2. The molecule has 0 aliphatic rings. The Bertz CT molecular complexity index is 821. The molecule has 8 heteroatoms. The SMILES string of the molecule is C[C@H](NS(=O)(=O)c1ccc(Br)cc1)C(=O)N/N=C/c1ccccc1. The molecule has 2 rings (SSSR count). The number of hydrogen-bond donors (Lipinski definition) is 2. The molecule has 0 radical (unpaired) electrons. The Kier molecular flexibility index (Phi) is 6.24. The average molecular weight is 410 g/mol. The van der Waals surface area contributed by atoms with Crippen molar-refractivity contribution >= 4 is 38.1 Å². The number of nitrogens with zero attached hydrogens (tertiary/aromatic N) is 1. The van der Waals surface area contributed by atoms with Gasteiger partial charge in [-0.05, 0) is 36.8 Å². The molecule has 126 valence electrons. The zero-order chi connectivity index (χ0) is 17.6. The summed E-state index contributed by atoms with van der Waals surface area (Å²) in [4.78, 5) is 12.0. The van der Waals surface area contributed by atoms with Crippen LogP contribution in [0.4, 0.5) is 0 Å². The molecular formula is C16H16BrN3O3S. The van der Waals surface area contributed by atoms with Gasteiger partial charge in [0, 0.05) is 4.47 Å². The van der Waals surface area contributed by atoms with Gasteiger partial charge in [0.05, 0.1) is 17.2 Å². The third kappa shape index (κ3) is 5.26. The summed E-state index contributed by atoms with van der Waals surface area (Å²) in [6.07, 6.45) is 1.48. The summed E-state index contributed by atoms with van der Waals surface area (Å²) in [6.45, 7) is 1.45. The standard InChI is InChI=1S/C16H16BrN3O3S/c1-12(16(21)19-18-11-13-5-3-2-4-6-13)20-24(22,23)15-9-7-14(17)8-10-15/h2-12,20H,1H3,(H,19,21)/b18-11+/t12-/m0/s1. The molecule has 0 aromatic heterocycles. The quantitative estimate of drug-likeness (QED) is 0.566. The van der Waals surface area contributed by atoms with E-state index in [0.717, 1.165) is 10.0 Å². The number of hydrogen-bond acceptors (Lipinski definition) is 4. The van der Waals surface area contributed by atoms with Crippen molar-refractivity contribution in [2.24, 2.45) is 5.10 Å². The van der Waals surface area contributed by atoms with E-state index in [-0.39, 0.29) is 4.90 Å². The summed E-state index contributed by atoms with van der Waals surface area (Å²) in [6, 6.07) is 14.4. The molecule has 2 aromatic carbocycles. The maximum Gasteiger partial charge on any atom is 0.257 e. The Labute approximate surface area is 149 Å². The van der Waals surface area contributed by atoms with Crippen molar-refractivity contribution in [1.82, 2.24) is 10.1 Å². The smallest absolute Gasteiger partial charge is 0.257 e. The van der Waals surface area contributed by atoms with Crippen LogP contribution in [0.1, 0.15) is 12.5 Å². The molecule has 24 heavy (non-hydrogen) atoms. The summed E-state index contributed by atoms with van der Waals surface area (Å²) in [5.41, 5.74) is 3.13. The molecule has 0 spiro atoms. The van der Waals surface area contributed by atoms with Gasteiger partial charge < -0.3 is 0 Å². The maximum atomic E-state index is 12.2. The second-order valence-corrected chi connectivity index (χ2v) is 7.57. The molecule has 0 aliphatic carbocycles. The van der Waals surface area contributed by atoms with Gasteiger partial charge in [-0.15, -0.1) is 0 Å². The first-order chi connectivity index (χ1) is 11.4. The number of carbonyl (C=O) groups is 1. The van der Waals surface area contributed by atoms with Crippen molar-refractivity contribution in [1.29, 1.82) is 0 Å². The second-order valence-electron chi connectivity index (χ2n) is 4.94. The van der Waals surface area contributed by atoms with Crippen LogP contribution in [-0.4, -0.2) is 26.6 Å². The van der Waals surface area contributed by atoms with Crippen LogP contribution in [0.5, 0.6) is 0 Å². The fraction of sp³-hybridized carbons (Fsp3) is 0.125. The molecular weight excluding hydrogens is 394 g/mol. The van der Waals surface area contributed by atoms with Gasteiger partial charge >= 0.3 is 0 Å². The van der Waals surface area contributed by atoms with E-state index in [9.17, 15) is 13.2 Å². The maximum absolute atomic E-state index is 12.2. The van der Waals surface area contributed by atoms with Gasteiger partial charge in [0.1, 0.15) is 0 Å². The Morgan fingerprint density at radius 2 is 1.75 bits per heavy atom. The van der Waals surface area contributed by atoms with E-state index in [1.807, 2.05) is 30.3 Å². The summed E-state index contributed by atoms with van der Waals surface area (Å²) in [5, 5.41) is 3.81. The van der Waals surface area contributed by atoms with Crippen LogP contribution >= 0.6 is 15.9 Å². The van der Waals surface area contributed by atoms with E-state index in [0.29, 0.717) is 0 Å². The minimum absolute atomic E-state index is 0.0816. The first-order valence-corrected chi connectivity index (χ1v) is 9.32. The number of halogens is 1. The lowest BCUT2D eigenvalue weighted by Crippen LogP contribution is -2.43. The number of carbonyl (C=O) groups excluding carboxylic acids is 1. The lowest BCUT2D eigenvalue weighted by molar-refractivity contribution is -0.122. The minimum Gasteiger partial charge on any atom is -0.271 e. The summed E-state index contributed by atoms with van der Waals surface area (Å²) in [7, 11) is -3.78. The van der Waals surface area contributed by atoms with Crippen molar-refractivity contribution in [3.8, 4) is 0 Å². The van der Waals surface area contributed by atoms with E-state index in [1.54, 1.807) is 12.1 Å². The first-order valence-electron chi connectivity index (χ1n) is 7.04. The van der Waals surface area contributed by atoms with Gasteiger partial charge in [0.25, 0.3) is 5.91 Å². The van der Waals surface area contributed by atoms with Gasteiger partial charge in [0.2, 0.25) is 10.0 Å². The van der Waals surface area contributed by atoms with Crippen LogP contribution in [0, 0.1) is 0 Å². The van der Waals surface area contributed by atoms with Crippen LogP contribution in [0.15, 0.2) is 69.1 Å². The van der Waals surface area contributed by atoms with Crippen molar-refractivity contribution < 1.29 is 13.2 Å². The number of hydrazone groups is 1. The molecule has 2 N–H and O–H groups in total. The normalized spacial score (nSPS) is 12.9. The largest absolute Gasteiger partial charge is 0.271 e.